The van der Waals surface area contributed by atoms with E-state index in [2.05, 4.69) is 5.32 Å². The van der Waals surface area contributed by atoms with Crippen LogP contribution >= 0.6 is 23.2 Å². The molecule has 1 amide bonds. The summed E-state index contributed by atoms with van der Waals surface area (Å²) >= 11 is 11.1. The second-order valence-electron chi connectivity index (χ2n) is 6.70. The van der Waals surface area contributed by atoms with Gasteiger partial charge in [-0.05, 0) is 48.7 Å². The third-order valence-electron chi connectivity index (χ3n) is 4.35. The Morgan fingerprint density at radius 3 is 2.24 bits per heavy atom. The van der Waals surface area contributed by atoms with Gasteiger partial charge < -0.3 is 20.7 Å². The fourth-order valence-electron chi connectivity index (χ4n) is 2.79. The molecule has 0 aliphatic heterocycles. The van der Waals surface area contributed by atoms with Crippen LogP contribution in [0.3, 0.4) is 0 Å². The Balaban J connectivity index is 2.39. The Hall–Kier alpha value is -2.35. The molecule has 0 spiro atoms. The lowest BCUT2D eigenvalue weighted by molar-refractivity contribution is -0.147. The Labute approximate surface area is 218 Å². The molecule has 0 radical (unpaired) electrons. The first kappa shape index (κ1) is 15.5. The number of rotatable bonds is 13. The van der Waals surface area contributed by atoms with Gasteiger partial charge in [-0.2, -0.15) is 0 Å². The van der Waals surface area contributed by atoms with Crippen LogP contribution in [0.15, 0.2) is 48.5 Å². The highest BCUT2D eigenvalue weighted by molar-refractivity contribution is 6.18. The minimum atomic E-state index is -3.53. The summed E-state index contributed by atoms with van der Waals surface area (Å²) in [7, 11) is 0. The third-order valence-corrected chi connectivity index (χ3v) is 4.52. The number of carbonyl (C=O) groups excluding carboxylic acids is 2. The zero-order valence-electron chi connectivity index (χ0n) is 27.6. The van der Waals surface area contributed by atoms with Gasteiger partial charge in [0.05, 0.1) is 20.9 Å². The van der Waals surface area contributed by atoms with Crippen molar-refractivity contribution in [3.05, 3.63) is 65.4 Å². The summed E-state index contributed by atoms with van der Waals surface area (Å²) in [6.45, 7) is -5.47. The monoisotopic (exact) mass is 507 g/mol. The van der Waals surface area contributed by atoms with Gasteiger partial charge >= 0.3 is 5.97 Å². The van der Waals surface area contributed by atoms with Gasteiger partial charge in [-0.3, -0.25) is 4.79 Å². The highest BCUT2D eigenvalue weighted by Gasteiger charge is 2.25. The van der Waals surface area contributed by atoms with E-state index in [-0.39, 0.29) is 29.9 Å². The van der Waals surface area contributed by atoms with Crippen LogP contribution in [0.2, 0.25) is 0 Å². The van der Waals surface area contributed by atoms with Crippen molar-refractivity contribution in [2.45, 2.75) is 31.8 Å². The lowest BCUT2D eigenvalue weighted by Crippen LogP contribution is -2.50. The maximum atomic E-state index is 13.3. The fraction of sp³-hybridized carbons (Fsp3) is 0.417. The summed E-state index contributed by atoms with van der Waals surface area (Å²) in [6.07, 6.45) is -0.357. The molecule has 0 saturated carbocycles. The molecular weight excluding hydrogens is 468 g/mol. The van der Waals surface area contributed by atoms with E-state index < -0.39 is 72.2 Å². The summed E-state index contributed by atoms with van der Waals surface area (Å²) < 4.78 is 98.4. The van der Waals surface area contributed by atoms with Crippen molar-refractivity contribution < 1.29 is 32.4 Å². The van der Waals surface area contributed by atoms with Crippen molar-refractivity contribution >= 4 is 40.8 Å². The molecule has 2 atom stereocenters. The Bertz CT molecular complexity index is 1260. The molecule has 33 heavy (non-hydrogen) atoms. The maximum absolute atomic E-state index is 13.3. The van der Waals surface area contributed by atoms with E-state index in [1.165, 1.54) is 24.3 Å². The van der Waals surface area contributed by atoms with Crippen LogP contribution in [-0.2, 0) is 27.2 Å². The normalized spacial score (nSPS) is 18.8. The number of nitrogens with one attached hydrogen (secondary N) is 1. The number of anilines is 1. The largest absolute Gasteiger partial charge is 0.464 e. The quantitative estimate of drug-likeness (QED) is 0.321. The van der Waals surface area contributed by atoms with Crippen LogP contribution in [-0.4, -0.2) is 55.2 Å². The third kappa shape index (κ3) is 8.84. The number of alkyl halides is 2. The zero-order valence-corrected chi connectivity index (χ0v) is 19.1. The zero-order chi connectivity index (χ0) is 33.1. The number of hydrogen-bond donors (Lipinski definition) is 2. The van der Waals surface area contributed by atoms with Crippen LogP contribution in [0.5, 0.6) is 0 Å². The number of carbonyl (C=O) groups is 2. The van der Waals surface area contributed by atoms with Crippen LogP contribution in [0, 0.1) is 5.82 Å². The number of hydrogen-bond acceptors (Lipinski definition) is 5. The molecule has 0 heterocycles. The standard InChI is InChI=1S/C24H30Cl2FN3O3/c1-2-33-24(32)22(16-18-3-7-19(27)8-4-18)29-23(31)21(28)15-17-5-9-20(10-6-17)30(13-11-25)14-12-26/h3-10,21-22H,2,11-16,28H2,1H3,(H,29,31)/i9D,10D,11D2,12D2,13D2,14D2. The van der Waals surface area contributed by atoms with Crippen LogP contribution in [0.4, 0.5) is 10.1 Å². The number of nitrogens with two attached hydrogens (primary N) is 1. The van der Waals surface area contributed by atoms with E-state index in [0.29, 0.717) is 5.56 Å². The van der Waals surface area contributed by atoms with Gasteiger partial charge in [0.1, 0.15) is 11.9 Å². The number of esters is 1. The minimum Gasteiger partial charge on any atom is -0.464 e. The van der Waals surface area contributed by atoms with Gasteiger partial charge in [-0.1, -0.05) is 24.3 Å². The molecule has 9 heteroatoms. The molecule has 3 N–H and O–H groups in total. The number of halogens is 3. The smallest absolute Gasteiger partial charge is 0.328 e. The number of benzene rings is 2. The molecule has 2 aromatic carbocycles. The van der Waals surface area contributed by atoms with Crippen LogP contribution in [0.1, 0.15) is 31.8 Å². The van der Waals surface area contributed by atoms with Gasteiger partial charge in [0.25, 0.3) is 0 Å². The van der Waals surface area contributed by atoms with E-state index in [1.54, 1.807) is 6.92 Å². The lowest BCUT2D eigenvalue weighted by atomic mass is 10.0. The Morgan fingerprint density at radius 2 is 1.70 bits per heavy atom. The fourth-order valence-corrected chi connectivity index (χ4v) is 2.96. The van der Waals surface area contributed by atoms with Crippen molar-refractivity contribution in [2.75, 3.05) is 36.2 Å². The molecule has 2 unspecified atom stereocenters. The van der Waals surface area contributed by atoms with Crippen molar-refractivity contribution in [3.8, 4) is 0 Å². The van der Waals surface area contributed by atoms with E-state index in [9.17, 15) is 14.0 Å². The first-order valence-electron chi connectivity index (χ1n) is 14.8. The highest BCUT2D eigenvalue weighted by atomic mass is 35.5. The first-order chi connectivity index (χ1) is 19.5. The van der Waals surface area contributed by atoms with Crippen molar-refractivity contribution in [1.82, 2.24) is 5.32 Å². The molecule has 0 fully saturated rings. The van der Waals surface area contributed by atoms with Crippen LogP contribution < -0.4 is 16.0 Å². The van der Waals surface area contributed by atoms with Gasteiger partial charge in [0, 0.05) is 42.2 Å². The van der Waals surface area contributed by atoms with E-state index >= 15 is 0 Å². The topological polar surface area (TPSA) is 84.7 Å². The summed E-state index contributed by atoms with van der Waals surface area (Å²) in [5.74, 6) is -8.76. The number of ether oxygens (including phenoxy) is 1. The molecule has 2 rings (SSSR count). The Morgan fingerprint density at radius 1 is 1.12 bits per heavy atom. The van der Waals surface area contributed by atoms with Gasteiger partial charge in [-0.25, -0.2) is 9.18 Å². The van der Waals surface area contributed by atoms with E-state index in [4.69, 9.17) is 47.4 Å². The minimum absolute atomic E-state index is 0.0228. The van der Waals surface area contributed by atoms with Crippen molar-refractivity contribution in [1.29, 1.82) is 0 Å². The molecule has 0 aliphatic carbocycles. The second kappa shape index (κ2) is 14.0. The summed E-state index contributed by atoms with van der Waals surface area (Å²) in [4.78, 5) is 25.3. The summed E-state index contributed by atoms with van der Waals surface area (Å²) in [5, 5.41) is 2.47. The molecular formula is C24H30Cl2FN3O3. The van der Waals surface area contributed by atoms with Gasteiger partial charge in [0.15, 0.2) is 0 Å². The van der Waals surface area contributed by atoms with Crippen molar-refractivity contribution in [3.63, 3.8) is 0 Å². The molecule has 180 valence electrons. The Kier molecular flexibility index (Phi) is 6.60. The van der Waals surface area contributed by atoms with Gasteiger partial charge in [-0.15, -0.1) is 23.2 Å². The van der Waals surface area contributed by atoms with E-state index in [0.717, 1.165) is 12.1 Å². The summed E-state index contributed by atoms with van der Waals surface area (Å²) in [6, 6.07) is 3.23. The molecule has 0 saturated heterocycles. The predicted octanol–water partition coefficient (Wildman–Crippen LogP) is 3.27. The van der Waals surface area contributed by atoms with E-state index in [1.807, 2.05) is 0 Å². The molecule has 0 bridgehead atoms. The molecule has 6 nitrogen and oxygen atoms in total. The predicted molar refractivity (Wildman–Crippen MR) is 130 cm³/mol. The number of nitrogens with zero attached hydrogens (tertiary/aromatic N) is 1. The highest BCUT2D eigenvalue weighted by Crippen LogP contribution is 2.16. The molecule has 0 aliphatic rings. The SMILES string of the molecule is [2H]c1cc(CC(N)C(=O)NC(Cc2ccc(F)cc2)C(=O)OCC)cc([2H])c1N(C([2H])([2H])C([2H])([2H])Cl)C([2H])([2H])C([2H])([2H])Cl. The maximum Gasteiger partial charge on any atom is 0.328 e. The average molecular weight is 508 g/mol. The number of amides is 1. The second-order valence-corrected chi connectivity index (χ2v) is 7.08. The van der Waals surface area contributed by atoms with Crippen LogP contribution in [0.25, 0.3) is 0 Å². The lowest BCUT2D eigenvalue weighted by Gasteiger charge is -2.23. The summed E-state index contributed by atoms with van der Waals surface area (Å²) in [5.41, 5.74) is 5.77. The average Bonchev–Trinajstić information content (AvgIpc) is 2.85. The van der Waals surface area contributed by atoms with Crippen molar-refractivity contribution in [2.24, 2.45) is 5.73 Å². The van der Waals surface area contributed by atoms with Gasteiger partial charge in [0.2, 0.25) is 5.91 Å². The first-order valence-corrected chi connectivity index (χ1v) is 10.6. The molecule has 2 aromatic rings. The molecule has 0 aromatic heterocycles.